The summed E-state index contributed by atoms with van der Waals surface area (Å²) in [6, 6.07) is 4.55. The van der Waals surface area contributed by atoms with Crippen LogP contribution in [0.1, 0.15) is 37.8 Å². The first-order chi connectivity index (χ1) is 10.9. The van der Waals surface area contributed by atoms with Gasteiger partial charge in [-0.2, -0.15) is 0 Å². The predicted molar refractivity (Wildman–Crippen MR) is 93.5 cm³/mol. The third-order valence-corrected chi connectivity index (χ3v) is 5.01. The number of halogens is 1. The Labute approximate surface area is 141 Å². The van der Waals surface area contributed by atoms with Crippen molar-refractivity contribution in [1.82, 2.24) is 24.8 Å². The lowest BCUT2D eigenvalue weighted by molar-refractivity contribution is 0.339. The van der Waals surface area contributed by atoms with E-state index in [4.69, 9.17) is 0 Å². The quantitative estimate of drug-likeness (QED) is 0.871. The molecule has 0 spiro atoms. The fourth-order valence-electron chi connectivity index (χ4n) is 3.88. The van der Waals surface area contributed by atoms with Crippen LogP contribution < -0.4 is 16.3 Å². The third kappa shape index (κ3) is 2.91. The number of hydrogen-bond donors (Lipinski definition) is 2. The molecular formula is C16H24ClN5O. The lowest BCUT2D eigenvalue weighted by Gasteiger charge is -2.25. The lowest BCUT2D eigenvalue weighted by Crippen LogP contribution is -2.38. The summed E-state index contributed by atoms with van der Waals surface area (Å²) in [5, 5.41) is 6.75. The van der Waals surface area contributed by atoms with Crippen molar-refractivity contribution in [1.29, 1.82) is 0 Å². The average molecular weight is 338 g/mol. The zero-order valence-corrected chi connectivity index (χ0v) is 14.0. The van der Waals surface area contributed by atoms with Crippen molar-refractivity contribution in [3.8, 4) is 0 Å². The highest BCUT2D eigenvalue weighted by Crippen LogP contribution is 2.26. The van der Waals surface area contributed by atoms with Gasteiger partial charge in [0, 0.05) is 18.3 Å². The Kier molecular flexibility index (Phi) is 5.04. The molecule has 4 heterocycles. The minimum absolute atomic E-state index is 0. The highest BCUT2D eigenvalue weighted by Gasteiger charge is 2.26. The number of nitrogens with one attached hydrogen (secondary N) is 2. The minimum atomic E-state index is 0. The molecule has 23 heavy (non-hydrogen) atoms. The number of aromatic nitrogens is 3. The molecule has 2 aliphatic rings. The number of pyridine rings is 1. The second-order valence-electron chi connectivity index (χ2n) is 6.33. The van der Waals surface area contributed by atoms with Gasteiger partial charge in [-0.05, 0) is 64.0 Å². The van der Waals surface area contributed by atoms with Gasteiger partial charge in [0.15, 0.2) is 5.65 Å². The molecule has 0 bridgehead atoms. The van der Waals surface area contributed by atoms with Gasteiger partial charge in [0.2, 0.25) is 0 Å². The van der Waals surface area contributed by atoms with Crippen LogP contribution in [0.3, 0.4) is 0 Å². The molecule has 2 aromatic heterocycles. The fourth-order valence-corrected chi connectivity index (χ4v) is 3.88. The first kappa shape index (κ1) is 16.5. The Morgan fingerprint density at radius 1 is 0.957 bits per heavy atom. The van der Waals surface area contributed by atoms with E-state index in [0.717, 1.165) is 63.0 Å². The molecule has 2 fully saturated rings. The van der Waals surface area contributed by atoms with Crippen molar-refractivity contribution < 1.29 is 0 Å². The Morgan fingerprint density at radius 3 is 2.13 bits per heavy atom. The van der Waals surface area contributed by atoms with Crippen molar-refractivity contribution in [3.63, 3.8) is 0 Å². The van der Waals surface area contributed by atoms with Crippen molar-refractivity contribution in [2.24, 2.45) is 0 Å². The maximum absolute atomic E-state index is 13.1. The van der Waals surface area contributed by atoms with Gasteiger partial charge in [-0.3, -0.25) is 9.13 Å². The molecular weight excluding hydrogens is 314 g/mol. The van der Waals surface area contributed by atoms with E-state index >= 15 is 0 Å². The summed E-state index contributed by atoms with van der Waals surface area (Å²) in [4.78, 5) is 17.7. The number of hydrogen-bond acceptors (Lipinski definition) is 4. The number of imidazole rings is 1. The van der Waals surface area contributed by atoms with E-state index in [9.17, 15) is 4.79 Å². The summed E-state index contributed by atoms with van der Waals surface area (Å²) in [5.74, 6) is 0. The molecule has 0 unspecified atom stereocenters. The summed E-state index contributed by atoms with van der Waals surface area (Å²) in [6.07, 6.45) is 5.83. The van der Waals surface area contributed by atoms with E-state index < -0.39 is 0 Å². The van der Waals surface area contributed by atoms with E-state index in [1.54, 1.807) is 6.20 Å². The van der Waals surface area contributed by atoms with Gasteiger partial charge in [0.25, 0.3) is 0 Å². The number of fused-ring (bicyclic) bond motifs is 1. The monoisotopic (exact) mass is 337 g/mol. The van der Waals surface area contributed by atoms with Crippen molar-refractivity contribution in [3.05, 3.63) is 28.8 Å². The summed E-state index contributed by atoms with van der Waals surface area (Å²) >= 11 is 0. The van der Waals surface area contributed by atoms with Gasteiger partial charge < -0.3 is 10.6 Å². The molecule has 0 saturated carbocycles. The van der Waals surface area contributed by atoms with E-state index in [-0.39, 0.29) is 24.1 Å². The summed E-state index contributed by atoms with van der Waals surface area (Å²) in [7, 11) is 0. The van der Waals surface area contributed by atoms with Crippen LogP contribution in [0.4, 0.5) is 0 Å². The molecule has 2 aromatic rings. The SMILES string of the molecule is Cl.O=c1n(C2CCNCC2)c2cccnc2n1C1CCNCC1. The molecule has 126 valence electrons. The van der Waals surface area contributed by atoms with Crippen molar-refractivity contribution in [2.75, 3.05) is 26.2 Å². The molecule has 0 aliphatic carbocycles. The molecule has 2 N–H and O–H groups in total. The van der Waals surface area contributed by atoms with Crippen molar-refractivity contribution in [2.45, 2.75) is 37.8 Å². The minimum Gasteiger partial charge on any atom is -0.317 e. The summed E-state index contributed by atoms with van der Waals surface area (Å²) in [5.41, 5.74) is 1.99. The van der Waals surface area contributed by atoms with Gasteiger partial charge in [0.1, 0.15) is 0 Å². The first-order valence-electron chi connectivity index (χ1n) is 8.35. The van der Waals surface area contributed by atoms with Gasteiger partial charge >= 0.3 is 5.69 Å². The molecule has 4 rings (SSSR count). The predicted octanol–water partition coefficient (Wildman–Crippen LogP) is 1.47. The second-order valence-corrected chi connectivity index (χ2v) is 6.33. The highest BCUT2D eigenvalue weighted by molar-refractivity contribution is 5.85. The molecule has 7 heteroatoms. The van der Waals surface area contributed by atoms with E-state index in [1.165, 1.54) is 0 Å². The smallest absolute Gasteiger partial charge is 0.317 e. The zero-order valence-electron chi connectivity index (χ0n) is 13.2. The second kappa shape index (κ2) is 7.03. The van der Waals surface area contributed by atoms with Crippen LogP contribution in [0, 0.1) is 0 Å². The van der Waals surface area contributed by atoms with Crippen LogP contribution in [0.25, 0.3) is 11.2 Å². The fraction of sp³-hybridized carbons (Fsp3) is 0.625. The van der Waals surface area contributed by atoms with Gasteiger partial charge in [-0.15, -0.1) is 12.4 Å². The zero-order chi connectivity index (χ0) is 14.9. The molecule has 6 nitrogen and oxygen atoms in total. The molecule has 0 amide bonds. The largest absolute Gasteiger partial charge is 0.330 e. The molecule has 2 saturated heterocycles. The van der Waals surface area contributed by atoms with Crippen LogP contribution in [0.5, 0.6) is 0 Å². The highest BCUT2D eigenvalue weighted by atomic mass is 35.5. The molecule has 0 atom stereocenters. The standard InChI is InChI=1S/C16H23N5O.ClH/c22-16-20(12-3-8-17-9-4-12)14-2-1-7-19-15(14)21(16)13-5-10-18-11-6-13;/h1-2,7,12-13,17-18H,3-6,8-11H2;1H. The van der Waals surface area contributed by atoms with Crippen LogP contribution >= 0.6 is 12.4 Å². The Balaban J connectivity index is 0.00000156. The molecule has 0 aromatic carbocycles. The van der Waals surface area contributed by atoms with E-state index in [0.29, 0.717) is 6.04 Å². The normalized spacial score (nSPS) is 20.5. The maximum atomic E-state index is 13.1. The van der Waals surface area contributed by atoms with Crippen LogP contribution in [-0.4, -0.2) is 40.3 Å². The van der Waals surface area contributed by atoms with E-state index in [2.05, 4.69) is 15.6 Å². The average Bonchev–Trinajstić information content (AvgIpc) is 2.88. The van der Waals surface area contributed by atoms with Crippen molar-refractivity contribution >= 4 is 23.6 Å². The Bertz CT molecular complexity index is 655. The van der Waals surface area contributed by atoms with Gasteiger partial charge in [-0.1, -0.05) is 0 Å². The van der Waals surface area contributed by atoms with Crippen LogP contribution in [-0.2, 0) is 0 Å². The summed E-state index contributed by atoms with van der Waals surface area (Å²) in [6.45, 7) is 3.92. The van der Waals surface area contributed by atoms with E-state index in [1.807, 2.05) is 21.3 Å². The first-order valence-corrected chi connectivity index (χ1v) is 8.35. The molecule has 0 radical (unpaired) electrons. The van der Waals surface area contributed by atoms with Crippen LogP contribution in [0.15, 0.2) is 23.1 Å². The van der Waals surface area contributed by atoms with Crippen LogP contribution in [0.2, 0.25) is 0 Å². The van der Waals surface area contributed by atoms with Gasteiger partial charge in [0.05, 0.1) is 5.52 Å². The number of piperidine rings is 2. The molecule has 2 aliphatic heterocycles. The van der Waals surface area contributed by atoms with Gasteiger partial charge in [-0.25, -0.2) is 9.78 Å². The topological polar surface area (TPSA) is 63.9 Å². The summed E-state index contributed by atoms with van der Waals surface area (Å²) < 4.78 is 3.96. The Morgan fingerprint density at radius 2 is 1.52 bits per heavy atom. The third-order valence-electron chi connectivity index (χ3n) is 5.01. The number of nitrogens with zero attached hydrogens (tertiary/aromatic N) is 3. The Hall–Kier alpha value is -1.37. The number of rotatable bonds is 2. The lowest BCUT2D eigenvalue weighted by atomic mass is 10.1. The maximum Gasteiger partial charge on any atom is 0.330 e.